The van der Waals surface area contributed by atoms with Gasteiger partial charge in [0.15, 0.2) is 0 Å². The fourth-order valence-corrected chi connectivity index (χ4v) is 3.16. The van der Waals surface area contributed by atoms with Crippen molar-refractivity contribution in [1.82, 2.24) is 0 Å². The molecule has 1 aromatic rings. The van der Waals surface area contributed by atoms with Gasteiger partial charge in [-0.1, -0.05) is 19.8 Å². The highest BCUT2D eigenvalue weighted by atomic mass is 16.5. The minimum Gasteiger partial charge on any atom is -0.462 e. The zero-order valence-electron chi connectivity index (χ0n) is 13.2. The number of benzene rings is 1. The average Bonchev–Trinajstić information content (AvgIpc) is 2.50. The normalized spacial score (nSPS) is 21.8. The van der Waals surface area contributed by atoms with E-state index in [0.717, 1.165) is 11.6 Å². The fraction of sp³-hybridized carbons (Fsp3) is 0.611. The molecule has 21 heavy (non-hydrogen) atoms. The van der Waals surface area contributed by atoms with E-state index in [2.05, 4.69) is 12.2 Å². The van der Waals surface area contributed by atoms with Crippen molar-refractivity contribution in [2.24, 2.45) is 5.92 Å². The van der Waals surface area contributed by atoms with E-state index in [4.69, 9.17) is 4.74 Å². The Morgan fingerprint density at radius 2 is 1.81 bits per heavy atom. The summed E-state index contributed by atoms with van der Waals surface area (Å²) in [6, 6.07) is 8.20. The molecule has 3 heteroatoms. The number of carbonyl (C=O) groups excluding carboxylic acids is 1. The summed E-state index contributed by atoms with van der Waals surface area (Å²) in [6.45, 7) is 4.51. The van der Waals surface area contributed by atoms with Crippen LogP contribution in [0.4, 0.5) is 5.69 Å². The predicted octanol–water partition coefficient (Wildman–Crippen LogP) is 4.63. The maximum Gasteiger partial charge on any atom is 0.338 e. The quantitative estimate of drug-likeness (QED) is 0.776. The van der Waals surface area contributed by atoms with Crippen molar-refractivity contribution in [2.45, 2.75) is 58.4 Å². The van der Waals surface area contributed by atoms with Gasteiger partial charge in [0, 0.05) is 11.7 Å². The Hall–Kier alpha value is -1.51. The van der Waals surface area contributed by atoms with Gasteiger partial charge in [0.1, 0.15) is 0 Å². The number of ether oxygens (including phenoxy) is 1. The van der Waals surface area contributed by atoms with Crippen molar-refractivity contribution in [2.75, 3.05) is 11.9 Å². The van der Waals surface area contributed by atoms with Gasteiger partial charge in [0.05, 0.1) is 12.2 Å². The Balaban J connectivity index is 1.82. The predicted molar refractivity (Wildman–Crippen MR) is 86.7 cm³/mol. The van der Waals surface area contributed by atoms with Crippen LogP contribution >= 0.6 is 0 Å². The van der Waals surface area contributed by atoms with Gasteiger partial charge in [-0.05, 0) is 62.8 Å². The Labute approximate surface area is 128 Å². The average molecular weight is 289 g/mol. The molecule has 1 aliphatic rings. The summed E-state index contributed by atoms with van der Waals surface area (Å²) in [5.74, 6) is 0.684. The minimum atomic E-state index is -0.246. The number of esters is 1. The molecule has 1 aliphatic carbocycles. The lowest BCUT2D eigenvalue weighted by Gasteiger charge is -2.29. The molecule has 116 valence electrons. The van der Waals surface area contributed by atoms with Gasteiger partial charge < -0.3 is 10.1 Å². The second kappa shape index (κ2) is 8.06. The first-order valence-corrected chi connectivity index (χ1v) is 8.26. The van der Waals surface area contributed by atoms with E-state index in [9.17, 15) is 4.79 Å². The third kappa shape index (κ3) is 4.76. The standard InChI is InChI=1S/C18H27NO2/c1-3-5-14-6-10-16(11-7-14)19-17-12-8-15(9-13-17)18(20)21-4-2/h8-9,12-14,16,19H,3-7,10-11H2,1-2H3. The fourth-order valence-electron chi connectivity index (χ4n) is 3.16. The van der Waals surface area contributed by atoms with Gasteiger partial charge >= 0.3 is 5.97 Å². The van der Waals surface area contributed by atoms with Crippen LogP contribution in [-0.2, 0) is 4.74 Å². The molecule has 0 aliphatic heterocycles. The van der Waals surface area contributed by atoms with E-state index in [1.54, 1.807) is 0 Å². The molecule has 0 unspecified atom stereocenters. The number of anilines is 1. The first kappa shape index (κ1) is 15.9. The van der Waals surface area contributed by atoms with Crippen molar-refractivity contribution in [3.63, 3.8) is 0 Å². The molecule has 1 fully saturated rings. The molecule has 0 amide bonds. The molecular weight excluding hydrogens is 262 g/mol. The van der Waals surface area contributed by atoms with Crippen molar-refractivity contribution in [1.29, 1.82) is 0 Å². The first-order chi connectivity index (χ1) is 10.2. The second-order valence-corrected chi connectivity index (χ2v) is 5.95. The number of rotatable bonds is 6. The van der Waals surface area contributed by atoms with Crippen LogP contribution in [0.1, 0.15) is 62.7 Å². The summed E-state index contributed by atoms with van der Waals surface area (Å²) in [5, 5.41) is 3.59. The molecule has 3 nitrogen and oxygen atoms in total. The van der Waals surface area contributed by atoms with Crippen molar-refractivity contribution >= 4 is 11.7 Å². The van der Waals surface area contributed by atoms with Crippen LogP contribution < -0.4 is 5.32 Å². The molecule has 0 aromatic heterocycles. The van der Waals surface area contributed by atoms with E-state index in [1.165, 1.54) is 38.5 Å². The Morgan fingerprint density at radius 3 is 2.38 bits per heavy atom. The van der Waals surface area contributed by atoms with Gasteiger partial charge in [-0.3, -0.25) is 0 Å². The summed E-state index contributed by atoms with van der Waals surface area (Å²) in [5.41, 5.74) is 1.72. The van der Waals surface area contributed by atoms with E-state index in [-0.39, 0.29) is 5.97 Å². The highest BCUT2D eigenvalue weighted by Crippen LogP contribution is 2.29. The molecule has 1 N–H and O–H groups in total. The molecule has 0 heterocycles. The van der Waals surface area contributed by atoms with E-state index in [1.807, 2.05) is 31.2 Å². The van der Waals surface area contributed by atoms with Crippen LogP contribution in [0.2, 0.25) is 0 Å². The van der Waals surface area contributed by atoms with Gasteiger partial charge in [-0.2, -0.15) is 0 Å². The number of hydrogen-bond donors (Lipinski definition) is 1. The number of carbonyl (C=O) groups is 1. The summed E-state index contributed by atoms with van der Waals surface area (Å²) >= 11 is 0. The number of nitrogens with one attached hydrogen (secondary N) is 1. The van der Waals surface area contributed by atoms with Gasteiger partial charge in [-0.15, -0.1) is 0 Å². The molecule has 0 atom stereocenters. The topological polar surface area (TPSA) is 38.3 Å². The van der Waals surface area contributed by atoms with Crippen LogP contribution in [0.5, 0.6) is 0 Å². The lowest BCUT2D eigenvalue weighted by Crippen LogP contribution is -2.26. The van der Waals surface area contributed by atoms with Crippen LogP contribution in [-0.4, -0.2) is 18.6 Å². The highest BCUT2D eigenvalue weighted by molar-refractivity contribution is 5.89. The summed E-state index contributed by atoms with van der Waals surface area (Å²) in [7, 11) is 0. The molecule has 0 bridgehead atoms. The highest BCUT2D eigenvalue weighted by Gasteiger charge is 2.20. The molecule has 1 aromatic carbocycles. The Kier molecular flexibility index (Phi) is 6.09. The number of hydrogen-bond acceptors (Lipinski definition) is 3. The van der Waals surface area contributed by atoms with Gasteiger partial charge in [0.25, 0.3) is 0 Å². The van der Waals surface area contributed by atoms with Crippen molar-refractivity contribution in [3.05, 3.63) is 29.8 Å². The van der Waals surface area contributed by atoms with Crippen LogP contribution in [0, 0.1) is 5.92 Å². The van der Waals surface area contributed by atoms with E-state index in [0.29, 0.717) is 18.2 Å². The maximum absolute atomic E-state index is 11.6. The van der Waals surface area contributed by atoms with Crippen LogP contribution in [0.3, 0.4) is 0 Å². The SMILES string of the molecule is CCCC1CCC(Nc2ccc(C(=O)OCC)cc2)CC1. The monoisotopic (exact) mass is 289 g/mol. The van der Waals surface area contributed by atoms with Crippen LogP contribution in [0.15, 0.2) is 24.3 Å². The summed E-state index contributed by atoms with van der Waals surface area (Å²) in [4.78, 5) is 11.6. The third-order valence-electron chi connectivity index (χ3n) is 4.31. The Morgan fingerprint density at radius 1 is 1.14 bits per heavy atom. The van der Waals surface area contributed by atoms with E-state index >= 15 is 0 Å². The zero-order chi connectivity index (χ0) is 15.1. The van der Waals surface area contributed by atoms with Crippen molar-refractivity contribution < 1.29 is 9.53 Å². The third-order valence-corrected chi connectivity index (χ3v) is 4.31. The van der Waals surface area contributed by atoms with Crippen molar-refractivity contribution in [3.8, 4) is 0 Å². The van der Waals surface area contributed by atoms with E-state index < -0.39 is 0 Å². The largest absolute Gasteiger partial charge is 0.462 e. The van der Waals surface area contributed by atoms with Crippen LogP contribution in [0.25, 0.3) is 0 Å². The summed E-state index contributed by atoms with van der Waals surface area (Å²) in [6.07, 6.45) is 7.87. The first-order valence-electron chi connectivity index (χ1n) is 8.26. The zero-order valence-corrected chi connectivity index (χ0v) is 13.2. The lowest BCUT2D eigenvalue weighted by molar-refractivity contribution is 0.0526. The molecule has 2 rings (SSSR count). The minimum absolute atomic E-state index is 0.246. The molecule has 0 radical (unpaired) electrons. The Bertz CT molecular complexity index is 433. The molecular formula is C18H27NO2. The van der Waals surface area contributed by atoms with Gasteiger partial charge in [0.2, 0.25) is 0 Å². The molecule has 0 spiro atoms. The summed E-state index contributed by atoms with van der Waals surface area (Å²) < 4.78 is 4.99. The second-order valence-electron chi connectivity index (χ2n) is 5.95. The molecule has 1 saturated carbocycles. The van der Waals surface area contributed by atoms with Gasteiger partial charge in [-0.25, -0.2) is 4.79 Å². The lowest BCUT2D eigenvalue weighted by atomic mass is 9.83. The maximum atomic E-state index is 11.6. The molecule has 0 saturated heterocycles. The smallest absolute Gasteiger partial charge is 0.338 e.